The number of carbonyl (C=O) groups is 1. The van der Waals surface area contributed by atoms with E-state index >= 15 is 0 Å². The van der Waals surface area contributed by atoms with Gasteiger partial charge in [0.05, 0.1) is 6.04 Å². The van der Waals surface area contributed by atoms with Gasteiger partial charge in [-0.25, -0.2) is 0 Å². The smallest absolute Gasteiger partial charge is 0.184 e. The van der Waals surface area contributed by atoms with Gasteiger partial charge in [-0.05, 0) is 57.2 Å². The third-order valence-electron chi connectivity index (χ3n) is 3.13. The van der Waals surface area contributed by atoms with Gasteiger partial charge in [0, 0.05) is 15.7 Å². The van der Waals surface area contributed by atoms with Crippen LogP contribution in [0.2, 0.25) is 0 Å². The summed E-state index contributed by atoms with van der Waals surface area (Å²) in [6.07, 6.45) is 0. The van der Waals surface area contributed by atoms with E-state index in [1.807, 2.05) is 57.2 Å². The van der Waals surface area contributed by atoms with Gasteiger partial charge in [-0.15, -0.1) is 0 Å². The first-order valence-electron chi connectivity index (χ1n) is 6.60. The molecule has 2 aromatic carbocycles. The van der Waals surface area contributed by atoms with Crippen LogP contribution >= 0.6 is 15.9 Å². The second-order valence-electron chi connectivity index (χ2n) is 5.11. The van der Waals surface area contributed by atoms with Crippen molar-refractivity contribution in [2.24, 2.45) is 0 Å². The second kappa shape index (κ2) is 6.23. The molecule has 0 spiro atoms. The average Bonchev–Trinajstić information content (AvgIpc) is 2.39. The minimum atomic E-state index is -0.252. The topological polar surface area (TPSA) is 29.1 Å². The number of carbonyl (C=O) groups excluding carboxylic acids is 1. The summed E-state index contributed by atoms with van der Waals surface area (Å²) in [5.41, 5.74) is 3.94. The van der Waals surface area contributed by atoms with Crippen molar-refractivity contribution in [3.05, 3.63) is 63.6 Å². The molecular weight excluding hydrogens is 314 g/mol. The van der Waals surface area contributed by atoms with Crippen molar-refractivity contribution in [1.82, 2.24) is 0 Å². The lowest BCUT2D eigenvalue weighted by Crippen LogP contribution is -2.26. The Hall–Kier alpha value is -1.61. The molecule has 1 unspecified atom stereocenters. The molecule has 2 aromatic rings. The van der Waals surface area contributed by atoms with Crippen molar-refractivity contribution >= 4 is 27.4 Å². The van der Waals surface area contributed by atoms with Gasteiger partial charge in [0.15, 0.2) is 5.78 Å². The predicted octanol–water partition coefficient (Wildman–Crippen LogP) is 4.75. The van der Waals surface area contributed by atoms with E-state index in [0.29, 0.717) is 0 Å². The lowest BCUT2D eigenvalue weighted by Gasteiger charge is -2.15. The molecule has 0 radical (unpaired) electrons. The summed E-state index contributed by atoms with van der Waals surface area (Å²) in [6.45, 7) is 5.91. The zero-order valence-electron chi connectivity index (χ0n) is 11.9. The molecule has 0 aliphatic heterocycles. The zero-order valence-corrected chi connectivity index (χ0v) is 13.5. The van der Waals surface area contributed by atoms with Crippen molar-refractivity contribution in [3.8, 4) is 0 Å². The highest BCUT2D eigenvalue weighted by molar-refractivity contribution is 9.10. The van der Waals surface area contributed by atoms with Crippen LogP contribution in [-0.2, 0) is 0 Å². The van der Waals surface area contributed by atoms with Gasteiger partial charge in [-0.3, -0.25) is 4.79 Å². The average molecular weight is 332 g/mol. The van der Waals surface area contributed by atoms with Crippen LogP contribution in [0.15, 0.2) is 46.9 Å². The fourth-order valence-corrected chi connectivity index (χ4v) is 2.49. The van der Waals surface area contributed by atoms with Crippen LogP contribution in [0.4, 0.5) is 5.69 Å². The number of Topliss-reactive ketones (excluding diaryl/α,β-unsaturated/α-hetero) is 1. The first-order chi connectivity index (χ1) is 9.45. The van der Waals surface area contributed by atoms with E-state index in [-0.39, 0.29) is 11.8 Å². The molecule has 0 aliphatic rings. The molecule has 20 heavy (non-hydrogen) atoms. The summed E-state index contributed by atoms with van der Waals surface area (Å²) >= 11 is 3.40. The van der Waals surface area contributed by atoms with E-state index in [2.05, 4.69) is 27.3 Å². The zero-order chi connectivity index (χ0) is 14.7. The van der Waals surface area contributed by atoms with E-state index in [9.17, 15) is 4.79 Å². The molecule has 0 bridgehead atoms. The van der Waals surface area contributed by atoms with Gasteiger partial charge in [-0.1, -0.05) is 33.1 Å². The van der Waals surface area contributed by atoms with Gasteiger partial charge in [-0.2, -0.15) is 0 Å². The van der Waals surface area contributed by atoms with Crippen LogP contribution in [0.25, 0.3) is 0 Å². The van der Waals surface area contributed by atoms with E-state index in [1.165, 1.54) is 0 Å². The highest BCUT2D eigenvalue weighted by Gasteiger charge is 2.15. The molecular formula is C17H18BrNO. The summed E-state index contributed by atoms with van der Waals surface area (Å²) in [5, 5.41) is 3.24. The molecule has 0 fully saturated rings. The first kappa shape index (κ1) is 14.8. The Labute approximate surface area is 128 Å². The highest BCUT2D eigenvalue weighted by atomic mass is 79.9. The lowest BCUT2D eigenvalue weighted by atomic mass is 10.0. The van der Waals surface area contributed by atoms with Gasteiger partial charge in [0.25, 0.3) is 0 Å². The Balaban J connectivity index is 2.14. The highest BCUT2D eigenvalue weighted by Crippen LogP contribution is 2.17. The quantitative estimate of drug-likeness (QED) is 0.819. The maximum atomic E-state index is 12.4. The largest absolute Gasteiger partial charge is 0.375 e. The Kier molecular flexibility index (Phi) is 4.61. The molecule has 3 heteroatoms. The van der Waals surface area contributed by atoms with Crippen LogP contribution in [0.3, 0.4) is 0 Å². The molecule has 0 heterocycles. The van der Waals surface area contributed by atoms with Gasteiger partial charge >= 0.3 is 0 Å². The Morgan fingerprint density at radius 1 is 1.05 bits per heavy atom. The van der Waals surface area contributed by atoms with Crippen molar-refractivity contribution in [2.75, 3.05) is 5.32 Å². The molecule has 104 valence electrons. The number of hydrogen-bond donors (Lipinski definition) is 1. The Morgan fingerprint density at radius 2 is 1.60 bits per heavy atom. The predicted molar refractivity (Wildman–Crippen MR) is 87.5 cm³/mol. The third kappa shape index (κ3) is 3.70. The number of anilines is 1. The summed E-state index contributed by atoms with van der Waals surface area (Å²) in [5.74, 6) is 0.111. The van der Waals surface area contributed by atoms with E-state index in [0.717, 1.165) is 26.9 Å². The van der Waals surface area contributed by atoms with Gasteiger partial charge in [0.2, 0.25) is 0 Å². The molecule has 0 aliphatic carbocycles. The summed E-state index contributed by atoms with van der Waals surface area (Å²) < 4.78 is 1.02. The van der Waals surface area contributed by atoms with Crippen LogP contribution in [0.5, 0.6) is 0 Å². The maximum absolute atomic E-state index is 12.4. The van der Waals surface area contributed by atoms with E-state index in [1.54, 1.807) is 0 Å². The number of benzene rings is 2. The molecule has 0 saturated carbocycles. The van der Waals surface area contributed by atoms with Crippen molar-refractivity contribution in [3.63, 3.8) is 0 Å². The van der Waals surface area contributed by atoms with Crippen LogP contribution in [0.1, 0.15) is 28.4 Å². The number of hydrogen-bond acceptors (Lipinski definition) is 2. The number of rotatable bonds is 4. The summed E-state index contributed by atoms with van der Waals surface area (Å²) in [4.78, 5) is 12.4. The maximum Gasteiger partial charge on any atom is 0.184 e. The normalized spacial score (nSPS) is 12.0. The Bertz CT molecular complexity index is 599. The standard InChI is InChI=1S/C17H18BrNO/c1-11-8-12(2)10-14(9-11)17(20)13(3)19-16-6-4-15(18)5-7-16/h4-10,13,19H,1-3H3. The summed E-state index contributed by atoms with van der Waals surface area (Å²) in [7, 11) is 0. The molecule has 0 saturated heterocycles. The molecule has 1 atom stereocenters. The van der Waals surface area contributed by atoms with Crippen LogP contribution in [-0.4, -0.2) is 11.8 Å². The van der Waals surface area contributed by atoms with E-state index < -0.39 is 0 Å². The molecule has 0 amide bonds. The SMILES string of the molecule is Cc1cc(C)cc(C(=O)C(C)Nc2ccc(Br)cc2)c1. The fourth-order valence-electron chi connectivity index (χ4n) is 2.23. The van der Waals surface area contributed by atoms with Gasteiger partial charge < -0.3 is 5.32 Å². The monoisotopic (exact) mass is 331 g/mol. The minimum Gasteiger partial charge on any atom is -0.375 e. The number of aryl methyl sites for hydroxylation is 2. The lowest BCUT2D eigenvalue weighted by molar-refractivity contribution is 0.0975. The first-order valence-corrected chi connectivity index (χ1v) is 7.39. The van der Waals surface area contributed by atoms with Crippen LogP contribution in [0, 0.1) is 13.8 Å². The van der Waals surface area contributed by atoms with E-state index in [4.69, 9.17) is 0 Å². The van der Waals surface area contributed by atoms with Crippen molar-refractivity contribution in [2.45, 2.75) is 26.8 Å². The fraction of sp³-hybridized carbons (Fsp3) is 0.235. The molecule has 1 N–H and O–H groups in total. The third-order valence-corrected chi connectivity index (χ3v) is 3.66. The van der Waals surface area contributed by atoms with Crippen molar-refractivity contribution < 1.29 is 4.79 Å². The minimum absolute atomic E-state index is 0.111. The number of nitrogens with one attached hydrogen (secondary N) is 1. The van der Waals surface area contributed by atoms with Crippen molar-refractivity contribution in [1.29, 1.82) is 0 Å². The number of ketones is 1. The Morgan fingerprint density at radius 3 is 2.15 bits per heavy atom. The van der Waals surface area contributed by atoms with Gasteiger partial charge in [0.1, 0.15) is 0 Å². The number of halogens is 1. The molecule has 2 rings (SSSR count). The second-order valence-corrected chi connectivity index (χ2v) is 6.03. The molecule has 0 aromatic heterocycles. The van der Waals surface area contributed by atoms with Crippen LogP contribution < -0.4 is 5.32 Å². The molecule has 2 nitrogen and oxygen atoms in total. The summed E-state index contributed by atoms with van der Waals surface area (Å²) in [6, 6.07) is 13.5.